The number of ether oxygens (including phenoxy) is 1. The largest absolute Gasteiger partial charge is 0.503 e. The molecule has 6 rings (SSSR count). The number of pyridine rings is 1. The van der Waals surface area contributed by atoms with E-state index in [0.29, 0.717) is 0 Å². The Balaban J connectivity index is 1.33. The van der Waals surface area contributed by atoms with Crippen LogP contribution >= 0.6 is 0 Å². The Morgan fingerprint density at radius 2 is 1.73 bits per heavy atom. The van der Waals surface area contributed by atoms with Crippen LogP contribution in [0, 0.1) is 0 Å². The summed E-state index contributed by atoms with van der Waals surface area (Å²) in [6.45, 7) is -0.214. The van der Waals surface area contributed by atoms with Gasteiger partial charge in [0.1, 0.15) is 23.7 Å². The van der Waals surface area contributed by atoms with Gasteiger partial charge in [0.2, 0.25) is 5.43 Å². The van der Waals surface area contributed by atoms with Crippen molar-refractivity contribution in [1.82, 2.24) is 14.8 Å². The molecule has 204 valence electrons. The first-order valence-electron chi connectivity index (χ1n) is 12.9. The van der Waals surface area contributed by atoms with Gasteiger partial charge in [0.15, 0.2) is 17.7 Å². The number of nitrogens with one attached hydrogen (secondary N) is 1. The zero-order valence-electron chi connectivity index (χ0n) is 21.2. The molecule has 2 N–H and O–H groups in total. The average molecular weight is 546 g/mol. The lowest BCUT2D eigenvalue weighted by Crippen LogP contribution is -2.47. The number of nitrogens with zero attached hydrogens (tertiary/aromatic N) is 2. The molecule has 0 saturated carbocycles. The molecule has 1 fully saturated rings. The summed E-state index contributed by atoms with van der Waals surface area (Å²) in [7, 11) is 0. The van der Waals surface area contributed by atoms with E-state index in [0.717, 1.165) is 17.2 Å². The number of alkyl halides is 1. The van der Waals surface area contributed by atoms with Crippen LogP contribution in [0.1, 0.15) is 50.5 Å². The van der Waals surface area contributed by atoms with Crippen molar-refractivity contribution in [2.75, 3.05) is 6.54 Å². The summed E-state index contributed by atoms with van der Waals surface area (Å²) in [5.41, 5.74) is 0.102. The molecule has 3 aliphatic rings. The van der Waals surface area contributed by atoms with Crippen LogP contribution < -0.4 is 10.7 Å². The van der Waals surface area contributed by atoms with Crippen molar-refractivity contribution in [2.45, 2.75) is 37.5 Å². The number of halogens is 2. The molecule has 0 spiro atoms. The first kappa shape index (κ1) is 25.7. The molecule has 2 aromatic carbocycles. The van der Waals surface area contributed by atoms with E-state index in [-0.39, 0.29) is 30.8 Å². The maximum absolute atomic E-state index is 14.0. The zero-order chi connectivity index (χ0) is 28.0. The monoisotopic (exact) mass is 545 g/mol. The van der Waals surface area contributed by atoms with Crippen molar-refractivity contribution in [3.63, 3.8) is 0 Å². The predicted octanol–water partition coefficient (Wildman–Crippen LogP) is 4.10. The third kappa shape index (κ3) is 4.40. The van der Waals surface area contributed by atoms with Gasteiger partial charge in [0.25, 0.3) is 11.8 Å². The van der Waals surface area contributed by atoms with E-state index < -0.39 is 58.9 Å². The Labute approximate surface area is 227 Å². The number of carbonyl (C=O) groups is 2. The number of aromatic nitrogens is 1. The molecule has 40 heavy (non-hydrogen) atoms. The molecule has 1 saturated heterocycles. The number of hydrogen-bond donors (Lipinski definition) is 2. The molecule has 1 aromatic heterocycles. The molecule has 4 atom stereocenters. The first-order chi connectivity index (χ1) is 19.3. The minimum absolute atomic E-state index is 0.0190. The van der Waals surface area contributed by atoms with Crippen molar-refractivity contribution in [3.8, 4) is 5.75 Å². The van der Waals surface area contributed by atoms with E-state index in [9.17, 15) is 28.3 Å². The van der Waals surface area contributed by atoms with Crippen LogP contribution in [-0.2, 0) is 11.3 Å². The fourth-order valence-corrected chi connectivity index (χ4v) is 5.50. The van der Waals surface area contributed by atoms with Gasteiger partial charge in [-0.1, -0.05) is 66.7 Å². The van der Waals surface area contributed by atoms with Gasteiger partial charge in [-0.15, -0.1) is 0 Å². The highest BCUT2D eigenvalue weighted by Crippen LogP contribution is 2.47. The molecular weight excluding hydrogens is 520 g/mol. The number of allylic oxidation sites excluding steroid dienone is 2. The van der Waals surface area contributed by atoms with E-state index in [4.69, 9.17) is 4.74 Å². The number of benzene rings is 2. The Kier molecular flexibility index (Phi) is 6.55. The minimum Gasteiger partial charge on any atom is -0.503 e. The van der Waals surface area contributed by atoms with Gasteiger partial charge in [0.05, 0.1) is 12.6 Å². The van der Waals surface area contributed by atoms with Crippen LogP contribution in [0.4, 0.5) is 8.78 Å². The first-order valence-corrected chi connectivity index (χ1v) is 12.9. The molecular formula is C30H25F2N3O5. The molecule has 3 aromatic rings. The van der Waals surface area contributed by atoms with Crippen molar-refractivity contribution < 1.29 is 28.2 Å². The summed E-state index contributed by atoms with van der Waals surface area (Å²) in [6.07, 6.45) is 0.666. The number of aromatic hydroxyl groups is 1. The number of fused-ring (bicyclic) bond motifs is 2. The standard InChI is InChI=1S/C30H25F2N3O5/c31-20-12-11-19(22(32)13-20)14-33-29(38)21-15-34-16-23-35(30(39)25(34)27(37)26(21)36)24(17-7-3-1-4-8-17)28(40-23)18-9-5-2-6-10-18/h1-11,13,15,20,23-24,28,37H,12,14,16H2,(H,33,38)/t20?,23-,24-,28+/m1/s1. The van der Waals surface area contributed by atoms with Gasteiger partial charge in [-0.25, -0.2) is 8.78 Å². The van der Waals surface area contributed by atoms with Crippen LogP contribution in [0.15, 0.2) is 95.2 Å². The fourth-order valence-electron chi connectivity index (χ4n) is 5.50. The van der Waals surface area contributed by atoms with Gasteiger partial charge in [-0.2, -0.15) is 0 Å². The summed E-state index contributed by atoms with van der Waals surface area (Å²) in [5, 5.41) is 13.3. The molecule has 10 heteroatoms. The van der Waals surface area contributed by atoms with Crippen LogP contribution in [-0.4, -0.2) is 45.3 Å². The highest BCUT2D eigenvalue weighted by Gasteiger charge is 2.50. The number of amides is 2. The Morgan fingerprint density at radius 1 is 1.05 bits per heavy atom. The molecule has 0 bridgehead atoms. The third-order valence-electron chi connectivity index (χ3n) is 7.42. The van der Waals surface area contributed by atoms with E-state index in [2.05, 4.69) is 5.32 Å². The summed E-state index contributed by atoms with van der Waals surface area (Å²) in [4.78, 5) is 41.3. The van der Waals surface area contributed by atoms with Gasteiger partial charge in [0, 0.05) is 24.7 Å². The molecule has 1 unspecified atom stereocenters. The molecule has 2 aliphatic heterocycles. The second-order valence-corrected chi connectivity index (χ2v) is 9.89. The molecule has 3 heterocycles. The lowest BCUT2D eigenvalue weighted by Gasteiger charge is -2.35. The van der Waals surface area contributed by atoms with Gasteiger partial charge in [-0.3, -0.25) is 19.3 Å². The molecule has 0 radical (unpaired) electrons. The molecule has 1 aliphatic carbocycles. The summed E-state index contributed by atoms with van der Waals surface area (Å²) in [5.74, 6) is -3.10. The predicted molar refractivity (Wildman–Crippen MR) is 141 cm³/mol. The zero-order valence-corrected chi connectivity index (χ0v) is 21.2. The summed E-state index contributed by atoms with van der Waals surface area (Å²) in [6, 6.07) is 18.3. The van der Waals surface area contributed by atoms with E-state index >= 15 is 0 Å². The van der Waals surface area contributed by atoms with Crippen LogP contribution in [0.2, 0.25) is 0 Å². The number of hydrogen-bond acceptors (Lipinski definition) is 5. The highest BCUT2D eigenvalue weighted by molar-refractivity contribution is 5.99. The molecule has 2 amide bonds. The van der Waals surface area contributed by atoms with Crippen LogP contribution in [0.5, 0.6) is 5.75 Å². The van der Waals surface area contributed by atoms with Gasteiger partial charge in [-0.05, 0) is 17.2 Å². The SMILES string of the molecule is O=C(NCC1=CCC(F)C=C1F)c1cn2c(c(O)c1=O)C(=O)N1[C@H](c3ccccc3)[C@H](c3ccccc3)O[C@@H]1C2. The number of carbonyl (C=O) groups excluding carboxylic acids is 2. The van der Waals surface area contributed by atoms with E-state index in [1.807, 2.05) is 60.7 Å². The third-order valence-corrected chi connectivity index (χ3v) is 7.42. The van der Waals surface area contributed by atoms with Crippen molar-refractivity contribution in [2.24, 2.45) is 0 Å². The van der Waals surface area contributed by atoms with Crippen LogP contribution in [0.25, 0.3) is 0 Å². The van der Waals surface area contributed by atoms with Crippen molar-refractivity contribution >= 4 is 11.8 Å². The topological polar surface area (TPSA) is 101 Å². The second-order valence-electron chi connectivity index (χ2n) is 9.89. The van der Waals surface area contributed by atoms with Crippen molar-refractivity contribution in [1.29, 1.82) is 0 Å². The Hall–Kier alpha value is -4.57. The lowest BCUT2D eigenvalue weighted by molar-refractivity contribution is -0.0154. The maximum atomic E-state index is 14.0. The van der Waals surface area contributed by atoms with Gasteiger partial charge < -0.3 is 19.7 Å². The molecule has 8 nitrogen and oxygen atoms in total. The average Bonchev–Trinajstić information content (AvgIpc) is 3.35. The van der Waals surface area contributed by atoms with Crippen LogP contribution in [0.3, 0.4) is 0 Å². The Bertz CT molecular complexity index is 1600. The smallest absolute Gasteiger partial charge is 0.277 e. The summed E-state index contributed by atoms with van der Waals surface area (Å²) >= 11 is 0. The minimum atomic E-state index is -1.43. The lowest BCUT2D eigenvalue weighted by atomic mass is 9.94. The fraction of sp³-hybridized carbons (Fsp3) is 0.233. The second kappa shape index (κ2) is 10.2. The van der Waals surface area contributed by atoms with Crippen molar-refractivity contribution in [3.05, 3.63) is 123 Å². The maximum Gasteiger partial charge on any atom is 0.277 e. The van der Waals surface area contributed by atoms with Gasteiger partial charge >= 0.3 is 0 Å². The van der Waals surface area contributed by atoms with E-state index in [1.165, 1.54) is 21.7 Å². The number of rotatable bonds is 5. The van der Waals surface area contributed by atoms with E-state index in [1.54, 1.807) is 0 Å². The summed E-state index contributed by atoms with van der Waals surface area (Å²) < 4.78 is 35.1. The normalized spacial score (nSPS) is 23.6. The quantitative estimate of drug-likeness (QED) is 0.503. The highest BCUT2D eigenvalue weighted by atomic mass is 19.1. The Morgan fingerprint density at radius 3 is 2.40 bits per heavy atom.